The van der Waals surface area contributed by atoms with Crippen LogP contribution in [0.1, 0.15) is 88.0 Å². The molecule has 0 saturated heterocycles. The first-order valence-corrected chi connectivity index (χ1v) is 19.0. The van der Waals surface area contributed by atoms with Gasteiger partial charge < -0.3 is 35.5 Å². The smallest absolute Gasteiger partial charge is 0.426 e. The van der Waals surface area contributed by atoms with E-state index in [0.717, 1.165) is 38.0 Å². The van der Waals surface area contributed by atoms with Crippen LogP contribution in [0.4, 0.5) is 10.5 Å². The molecule has 288 valence electrons. The second-order valence-corrected chi connectivity index (χ2v) is 17.5. The lowest BCUT2D eigenvalue weighted by molar-refractivity contribution is -0.184. The Balaban J connectivity index is 2.87. The number of nitrogens with two attached hydrogens (primary N) is 1. The number of unbranched alkanes of at least 4 members (excludes halogenated alkanes) is 1. The molecule has 2 aromatic carbocycles. The first-order chi connectivity index (χ1) is 23.5. The number of amides is 1. The fourth-order valence-corrected chi connectivity index (χ4v) is 7.05. The topological polar surface area (TPSA) is 170 Å². The maximum atomic E-state index is 15.2. The van der Waals surface area contributed by atoms with Crippen molar-refractivity contribution < 1.29 is 37.0 Å². The summed E-state index contributed by atoms with van der Waals surface area (Å²) in [4.78, 5) is 45.2. The minimum Gasteiger partial charge on any atom is -0.458 e. The molecule has 0 unspecified atom stereocenters. The zero-order chi connectivity index (χ0) is 38.8. The van der Waals surface area contributed by atoms with Crippen molar-refractivity contribution in [2.75, 3.05) is 51.7 Å². The molecule has 0 radical (unpaired) electrons. The first-order valence-electron chi connectivity index (χ1n) is 17.5. The highest BCUT2D eigenvalue weighted by molar-refractivity contribution is 7.90. The van der Waals surface area contributed by atoms with Crippen LogP contribution in [-0.4, -0.2) is 99.9 Å². The highest BCUT2D eigenvalue weighted by Crippen LogP contribution is 2.38. The molecule has 13 nitrogen and oxygen atoms in total. The standard InChI is InChI=1S/C37H61N5O8S/c1-34(2,3)48-31(43)37(32(44)49-35(4,5)6,21-26-40-24-13-12-23-39-25-16-22-38)42(33(45)50-36(7,8)9)51(46,47)30-20-15-17-27-28(30)18-14-19-29(27)41(10)11/h14-15,17-20,39-40H,12-13,16,21-26,38H2,1-11H3. The number of anilines is 1. The summed E-state index contributed by atoms with van der Waals surface area (Å²) >= 11 is 0. The Bertz CT molecular complexity index is 1560. The van der Waals surface area contributed by atoms with E-state index in [2.05, 4.69) is 10.6 Å². The fourth-order valence-electron chi connectivity index (χ4n) is 5.27. The van der Waals surface area contributed by atoms with E-state index in [1.807, 2.05) is 25.1 Å². The lowest BCUT2D eigenvalue weighted by Crippen LogP contribution is -2.67. The highest BCUT2D eigenvalue weighted by Gasteiger charge is 2.63. The zero-order valence-electron chi connectivity index (χ0n) is 32.5. The van der Waals surface area contributed by atoms with E-state index in [1.54, 1.807) is 86.6 Å². The van der Waals surface area contributed by atoms with Crippen molar-refractivity contribution in [1.82, 2.24) is 14.9 Å². The average molecular weight is 736 g/mol. The van der Waals surface area contributed by atoms with Crippen molar-refractivity contribution in [1.29, 1.82) is 0 Å². The third kappa shape index (κ3) is 12.3. The number of esters is 2. The van der Waals surface area contributed by atoms with E-state index < -0.39 is 56.8 Å². The van der Waals surface area contributed by atoms with Gasteiger partial charge in [0.25, 0.3) is 15.6 Å². The van der Waals surface area contributed by atoms with Gasteiger partial charge in [0.15, 0.2) is 0 Å². The van der Waals surface area contributed by atoms with Crippen molar-refractivity contribution in [2.45, 2.75) is 115 Å². The Morgan fingerprint density at radius 1 is 0.686 bits per heavy atom. The Morgan fingerprint density at radius 2 is 1.16 bits per heavy atom. The zero-order valence-corrected chi connectivity index (χ0v) is 33.3. The molecule has 0 aromatic heterocycles. The number of ether oxygens (including phenoxy) is 3. The lowest BCUT2D eigenvalue weighted by Gasteiger charge is -2.41. The molecule has 0 aliphatic rings. The van der Waals surface area contributed by atoms with Crippen LogP contribution >= 0.6 is 0 Å². The number of hydrogen-bond acceptors (Lipinski definition) is 12. The van der Waals surface area contributed by atoms with Crippen molar-refractivity contribution in [2.24, 2.45) is 5.73 Å². The molecule has 0 spiro atoms. The van der Waals surface area contributed by atoms with Gasteiger partial charge in [-0.2, -0.15) is 4.31 Å². The summed E-state index contributed by atoms with van der Waals surface area (Å²) in [6.45, 7) is 16.9. The minimum atomic E-state index is -5.07. The van der Waals surface area contributed by atoms with Gasteiger partial charge in [0, 0.05) is 37.0 Å². The van der Waals surface area contributed by atoms with Gasteiger partial charge in [-0.3, -0.25) is 0 Å². The molecule has 0 fully saturated rings. The maximum Gasteiger partial charge on any atom is 0.426 e. The monoisotopic (exact) mass is 735 g/mol. The molecular weight excluding hydrogens is 675 g/mol. The molecule has 2 rings (SSSR count). The van der Waals surface area contributed by atoms with Gasteiger partial charge in [0.05, 0.1) is 4.90 Å². The second-order valence-electron chi connectivity index (χ2n) is 15.7. The average Bonchev–Trinajstić information content (AvgIpc) is 2.97. The molecule has 0 saturated carbocycles. The third-order valence-electron chi connectivity index (χ3n) is 7.42. The molecule has 1 amide bonds. The summed E-state index contributed by atoms with van der Waals surface area (Å²) in [5.41, 5.74) is -0.142. The number of hydrogen-bond donors (Lipinski definition) is 3. The van der Waals surface area contributed by atoms with Crippen LogP contribution in [0.3, 0.4) is 0 Å². The van der Waals surface area contributed by atoms with Crippen molar-refractivity contribution in [3.63, 3.8) is 0 Å². The van der Waals surface area contributed by atoms with Crippen LogP contribution < -0.4 is 21.3 Å². The lowest BCUT2D eigenvalue weighted by atomic mass is 9.93. The van der Waals surface area contributed by atoms with Crippen LogP contribution in [-0.2, 0) is 33.8 Å². The van der Waals surface area contributed by atoms with Gasteiger partial charge in [-0.05, 0) is 126 Å². The molecule has 14 heteroatoms. The van der Waals surface area contributed by atoms with Gasteiger partial charge in [0.1, 0.15) is 16.8 Å². The van der Waals surface area contributed by atoms with Crippen LogP contribution in [0.2, 0.25) is 0 Å². The van der Waals surface area contributed by atoms with Crippen molar-refractivity contribution in [3.8, 4) is 0 Å². The molecule has 0 aliphatic carbocycles. The van der Waals surface area contributed by atoms with Gasteiger partial charge in [0.2, 0.25) is 0 Å². The summed E-state index contributed by atoms with van der Waals surface area (Å²) in [5.74, 6) is -2.53. The molecule has 4 N–H and O–H groups in total. The number of nitrogens with one attached hydrogen (secondary N) is 2. The summed E-state index contributed by atoms with van der Waals surface area (Å²) in [5, 5.41) is 7.39. The summed E-state index contributed by atoms with van der Waals surface area (Å²) < 4.78 is 47.9. The first kappa shape index (κ1) is 43.7. The highest BCUT2D eigenvalue weighted by atomic mass is 32.2. The van der Waals surface area contributed by atoms with E-state index in [1.165, 1.54) is 6.07 Å². The van der Waals surface area contributed by atoms with E-state index in [0.29, 0.717) is 18.5 Å². The number of benzene rings is 2. The van der Waals surface area contributed by atoms with E-state index in [4.69, 9.17) is 19.9 Å². The molecule has 0 heterocycles. The number of rotatable bonds is 17. The van der Waals surface area contributed by atoms with Crippen LogP contribution in [0, 0.1) is 0 Å². The Morgan fingerprint density at radius 3 is 1.65 bits per heavy atom. The van der Waals surface area contributed by atoms with Gasteiger partial charge in [-0.25, -0.2) is 22.8 Å². The molecule has 2 aromatic rings. The van der Waals surface area contributed by atoms with E-state index >= 15 is 8.42 Å². The largest absolute Gasteiger partial charge is 0.458 e. The molecule has 0 bridgehead atoms. The fraction of sp³-hybridized carbons (Fsp3) is 0.649. The quantitative estimate of drug-likeness (QED) is 0.0866. The minimum absolute atomic E-state index is 0.0474. The number of carbonyl (C=O) groups is 3. The SMILES string of the molecule is CN(C)c1cccc2c(S(=O)(=O)N(C(=O)OC(C)(C)C)C(CCNCCCCNCCCN)(C(=O)OC(C)(C)C)C(=O)OC(C)(C)C)cccc12. The number of carbonyl (C=O) groups excluding carboxylic acids is 3. The van der Waals surface area contributed by atoms with Gasteiger partial charge in [-0.1, -0.05) is 24.3 Å². The van der Waals surface area contributed by atoms with Gasteiger partial charge >= 0.3 is 18.0 Å². The van der Waals surface area contributed by atoms with E-state index in [9.17, 15) is 14.4 Å². The van der Waals surface area contributed by atoms with Crippen molar-refractivity contribution >= 4 is 44.5 Å². The van der Waals surface area contributed by atoms with Gasteiger partial charge in [-0.15, -0.1) is 0 Å². The predicted molar refractivity (Wildman–Crippen MR) is 201 cm³/mol. The van der Waals surface area contributed by atoms with Crippen molar-refractivity contribution in [3.05, 3.63) is 36.4 Å². The van der Waals surface area contributed by atoms with Crippen LogP contribution in [0.5, 0.6) is 0 Å². The van der Waals surface area contributed by atoms with Crippen LogP contribution in [0.15, 0.2) is 41.3 Å². The number of sulfonamides is 1. The second kappa shape index (κ2) is 17.8. The molecule has 0 atom stereocenters. The Labute approximate surface area is 305 Å². The molecule has 0 aliphatic heterocycles. The number of nitrogens with zero attached hydrogens (tertiary/aromatic N) is 2. The summed E-state index contributed by atoms with van der Waals surface area (Å²) in [6.07, 6.45) is 0.540. The Hall–Kier alpha value is -3.46. The maximum absolute atomic E-state index is 15.2. The summed E-state index contributed by atoms with van der Waals surface area (Å²) in [6, 6.07) is 9.78. The molecular formula is C37H61N5O8S. The Kier molecular flexibility index (Phi) is 15.3. The number of fused-ring (bicyclic) bond motifs is 1. The predicted octanol–water partition coefficient (Wildman–Crippen LogP) is 4.95. The van der Waals surface area contributed by atoms with Crippen LogP contribution in [0.25, 0.3) is 10.8 Å². The normalized spacial score (nSPS) is 12.8. The summed E-state index contributed by atoms with van der Waals surface area (Å²) in [7, 11) is -1.42. The third-order valence-corrected chi connectivity index (χ3v) is 9.27. The van der Waals surface area contributed by atoms with E-state index in [-0.39, 0.29) is 21.1 Å². The molecule has 51 heavy (non-hydrogen) atoms.